The summed E-state index contributed by atoms with van der Waals surface area (Å²) < 4.78 is 16.7. The first kappa shape index (κ1) is 21.2. The SMILES string of the molecule is COc1ccccc1N1CCN(C(=O)N[C@@H]2CC(=O)N(c3ccc4c(c3)OCCO4)C2)CC1. The smallest absolute Gasteiger partial charge is 0.317 e. The summed E-state index contributed by atoms with van der Waals surface area (Å²) in [7, 11) is 1.67. The van der Waals surface area contributed by atoms with Crippen molar-refractivity contribution in [2.45, 2.75) is 12.5 Å². The zero-order chi connectivity index (χ0) is 22.8. The number of urea groups is 1. The summed E-state index contributed by atoms with van der Waals surface area (Å²) in [5.41, 5.74) is 1.79. The van der Waals surface area contributed by atoms with Crippen LogP contribution in [0.1, 0.15) is 6.42 Å². The molecule has 5 rings (SSSR count). The van der Waals surface area contributed by atoms with Crippen LogP contribution in [0.4, 0.5) is 16.2 Å². The number of amides is 3. The molecule has 3 amide bonds. The van der Waals surface area contributed by atoms with Gasteiger partial charge in [-0.15, -0.1) is 0 Å². The van der Waals surface area contributed by atoms with Gasteiger partial charge in [-0.05, 0) is 24.3 Å². The number of hydrogen-bond acceptors (Lipinski definition) is 6. The molecule has 1 N–H and O–H groups in total. The van der Waals surface area contributed by atoms with Crippen LogP contribution in [0.15, 0.2) is 42.5 Å². The monoisotopic (exact) mass is 452 g/mol. The molecule has 0 spiro atoms. The Morgan fingerprint density at radius 1 is 1.03 bits per heavy atom. The van der Waals surface area contributed by atoms with Gasteiger partial charge >= 0.3 is 6.03 Å². The number of benzene rings is 2. The Morgan fingerprint density at radius 3 is 2.58 bits per heavy atom. The first-order valence-electron chi connectivity index (χ1n) is 11.3. The van der Waals surface area contributed by atoms with Crippen LogP contribution in [-0.2, 0) is 4.79 Å². The zero-order valence-electron chi connectivity index (χ0n) is 18.7. The van der Waals surface area contributed by atoms with Gasteiger partial charge in [-0.25, -0.2) is 4.79 Å². The standard InChI is InChI=1S/C24H28N4O5/c1-31-20-5-3-2-4-19(20)26-8-10-27(11-9-26)24(30)25-17-14-23(29)28(16-17)18-6-7-21-22(15-18)33-13-12-32-21/h2-7,15,17H,8-14,16H2,1H3,(H,25,30)/t17-/m1/s1. The van der Waals surface area contributed by atoms with E-state index in [-0.39, 0.29) is 24.4 Å². The van der Waals surface area contributed by atoms with Gasteiger partial charge in [0.25, 0.3) is 0 Å². The van der Waals surface area contributed by atoms with E-state index in [0.717, 1.165) is 30.2 Å². The van der Waals surface area contributed by atoms with Gasteiger partial charge in [0, 0.05) is 50.9 Å². The Morgan fingerprint density at radius 2 is 1.79 bits per heavy atom. The summed E-state index contributed by atoms with van der Waals surface area (Å²) in [5.74, 6) is 2.15. The summed E-state index contributed by atoms with van der Waals surface area (Å²) in [4.78, 5) is 31.2. The van der Waals surface area contributed by atoms with E-state index in [1.165, 1.54) is 0 Å². The molecule has 2 aromatic carbocycles. The molecule has 2 aromatic rings. The van der Waals surface area contributed by atoms with Crippen molar-refractivity contribution in [3.8, 4) is 17.2 Å². The third-order valence-electron chi connectivity index (χ3n) is 6.28. The molecule has 0 bridgehead atoms. The number of rotatable bonds is 4. The predicted molar refractivity (Wildman–Crippen MR) is 124 cm³/mol. The molecule has 9 nitrogen and oxygen atoms in total. The quantitative estimate of drug-likeness (QED) is 0.765. The van der Waals surface area contributed by atoms with E-state index in [1.807, 2.05) is 47.4 Å². The van der Waals surface area contributed by atoms with Crippen LogP contribution in [0.3, 0.4) is 0 Å². The van der Waals surface area contributed by atoms with Gasteiger partial charge in [0.1, 0.15) is 19.0 Å². The number of ether oxygens (including phenoxy) is 3. The third-order valence-corrected chi connectivity index (χ3v) is 6.28. The van der Waals surface area contributed by atoms with E-state index in [4.69, 9.17) is 14.2 Å². The molecule has 2 fully saturated rings. The third kappa shape index (κ3) is 4.35. The first-order valence-corrected chi connectivity index (χ1v) is 11.3. The Labute approximate surface area is 192 Å². The molecule has 0 aliphatic carbocycles. The van der Waals surface area contributed by atoms with E-state index in [1.54, 1.807) is 12.0 Å². The molecular weight excluding hydrogens is 424 g/mol. The van der Waals surface area contributed by atoms with Gasteiger partial charge in [-0.1, -0.05) is 12.1 Å². The van der Waals surface area contributed by atoms with Gasteiger partial charge in [0.05, 0.1) is 18.8 Å². The van der Waals surface area contributed by atoms with Gasteiger partial charge in [0.2, 0.25) is 5.91 Å². The molecule has 1 atom stereocenters. The number of nitrogens with one attached hydrogen (secondary N) is 1. The normalized spacial score (nSPS) is 20.1. The number of carbonyl (C=O) groups is 2. The number of fused-ring (bicyclic) bond motifs is 1. The minimum absolute atomic E-state index is 0.0158. The van der Waals surface area contributed by atoms with E-state index in [2.05, 4.69) is 10.2 Å². The first-order chi connectivity index (χ1) is 16.1. The number of methoxy groups -OCH3 is 1. The lowest BCUT2D eigenvalue weighted by Gasteiger charge is -2.37. The van der Waals surface area contributed by atoms with Crippen molar-refractivity contribution in [1.29, 1.82) is 0 Å². The highest BCUT2D eigenvalue weighted by atomic mass is 16.6. The van der Waals surface area contributed by atoms with E-state index >= 15 is 0 Å². The highest BCUT2D eigenvalue weighted by Gasteiger charge is 2.34. The lowest BCUT2D eigenvalue weighted by Crippen LogP contribution is -2.54. The van der Waals surface area contributed by atoms with Crippen molar-refractivity contribution in [1.82, 2.24) is 10.2 Å². The molecule has 0 unspecified atom stereocenters. The molecule has 2 saturated heterocycles. The van der Waals surface area contributed by atoms with E-state index < -0.39 is 0 Å². The highest BCUT2D eigenvalue weighted by Crippen LogP contribution is 2.35. The van der Waals surface area contributed by atoms with Crippen LogP contribution in [-0.4, -0.2) is 75.9 Å². The maximum absolute atomic E-state index is 12.9. The van der Waals surface area contributed by atoms with Crippen molar-refractivity contribution in [2.75, 3.05) is 62.8 Å². The average molecular weight is 453 g/mol. The summed E-state index contributed by atoms with van der Waals surface area (Å²) in [6, 6.07) is 13.1. The predicted octanol–water partition coefficient (Wildman–Crippen LogP) is 2.10. The fourth-order valence-corrected chi connectivity index (χ4v) is 4.56. The second-order valence-corrected chi connectivity index (χ2v) is 8.33. The van der Waals surface area contributed by atoms with E-state index in [0.29, 0.717) is 44.3 Å². The van der Waals surface area contributed by atoms with Crippen LogP contribution in [0, 0.1) is 0 Å². The molecule has 0 radical (unpaired) electrons. The molecular formula is C24H28N4O5. The summed E-state index contributed by atoms with van der Waals surface area (Å²) in [6.45, 7) is 4.11. The number of carbonyl (C=O) groups excluding carboxylic acids is 2. The van der Waals surface area contributed by atoms with Crippen LogP contribution in [0.25, 0.3) is 0 Å². The molecule has 3 heterocycles. The van der Waals surface area contributed by atoms with Crippen molar-refractivity contribution in [3.05, 3.63) is 42.5 Å². The number of para-hydroxylation sites is 2. The lowest BCUT2D eigenvalue weighted by molar-refractivity contribution is -0.117. The largest absolute Gasteiger partial charge is 0.495 e. The summed E-state index contributed by atoms with van der Waals surface area (Å²) in [5, 5.41) is 3.04. The van der Waals surface area contributed by atoms with Crippen molar-refractivity contribution < 1.29 is 23.8 Å². The molecule has 3 aliphatic heterocycles. The lowest BCUT2D eigenvalue weighted by atomic mass is 10.2. The van der Waals surface area contributed by atoms with Crippen molar-refractivity contribution in [3.63, 3.8) is 0 Å². The minimum Gasteiger partial charge on any atom is -0.495 e. The summed E-state index contributed by atoms with van der Waals surface area (Å²) in [6.07, 6.45) is 0.279. The number of hydrogen-bond donors (Lipinski definition) is 1. The van der Waals surface area contributed by atoms with Crippen molar-refractivity contribution in [2.24, 2.45) is 0 Å². The fourth-order valence-electron chi connectivity index (χ4n) is 4.56. The second kappa shape index (κ2) is 9.09. The maximum atomic E-state index is 12.9. The van der Waals surface area contributed by atoms with E-state index in [9.17, 15) is 9.59 Å². The molecule has 0 saturated carbocycles. The number of piperazine rings is 1. The Hall–Kier alpha value is -3.62. The number of nitrogens with zero attached hydrogens (tertiary/aromatic N) is 3. The maximum Gasteiger partial charge on any atom is 0.317 e. The van der Waals surface area contributed by atoms with Gasteiger partial charge in [0.15, 0.2) is 11.5 Å². The second-order valence-electron chi connectivity index (χ2n) is 8.33. The zero-order valence-corrected chi connectivity index (χ0v) is 18.7. The molecule has 0 aromatic heterocycles. The Bertz CT molecular complexity index is 1040. The Balaban J connectivity index is 1.16. The Kier molecular flexibility index (Phi) is 5.85. The van der Waals surface area contributed by atoms with Gasteiger partial charge in [-0.3, -0.25) is 4.79 Å². The minimum atomic E-state index is -0.231. The van der Waals surface area contributed by atoms with Crippen LogP contribution >= 0.6 is 0 Å². The average Bonchev–Trinajstić information content (AvgIpc) is 3.23. The topological polar surface area (TPSA) is 83.6 Å². The highest BCUT2D eigenvalue weighted by molar-refractivity contribution is 5.97. The van der Waals surface area contributed by atoms with Crippen molar-refractivity contribution >= 4 is 23.3 Å². The molecule has 9 heteroatoms. The van der Waals surface area contributed by atoms with Crippen LogP contribution in [0.5, 0.6) is 17.2 Å². The van der Waals surface area contributed by atoms with Crippen LogP contribution < -0.4 is 29.3 Å². The van der Waals surface area contributed by atoms with Gasteiger partial charge < -0.3 is 34.2 Å². The number of anilines is 2. The summed E-state index contributed by atoms with van der Waals surface area (Å²) >= 11 is 0. The fraction of sp³-hybridized carbons (Fsp3) is 0.417. The van der Waals surface area contributed by atoms with Crippen LogP contribution in [0.2, 0.25) is 0 Å². The molecule has 3 aliphatic rings. The molecule has 33 heavy (non-hydrogen) atoms. The molecule has 174 valence electrons. The van der Waals surface area contributed by atoms with Gasteiger partial charge in [-0.2, -0.15) is 0 Å².